The van der Waals surface area contributed by atoms with Crippen LogP contribution >= 0.6 is 0 Å². The first kappa shape index (κ1) is 57.5. The van der Waals surface area contributed by atoms with Crippen LogP contribution in [-0.2, 0) is 28.6 Å². The Balaban J connectivity index is 4.33. The lowest BCUT2D eigenvalue weighted by Gasteiger charge is -2.34. The number of carbonyl (C=O) groups is 3. The lowest BCUT2D eigenvalue weighted by Crippen LogP contribution is -2.55. The molecule has 0 aliphatic carbocycles. The van der Waals surface area contributed by atoms with E-state index < -0.39 is 18.1 Å². The van der Waals surface area contributed by atoms with Crippen molar-refractivity contribution in [3.8, 4) is 0 Å². The van der Waals surface area contributed by atoms with Crippen molar-refractivity contribution in [3.63, 3.8) is 0 Å². The first-order valence-corrected chi connectivity index (χ1v) is 24.1. The van der Waals surface area contributed by atoms with Gasteiger partial charge in [-0.25, -0.2) is 0 Å². The Labute approximate surface area is 373 Å². The van der Waals surface area contributed by atoms with E-state index in [1.54, 1.807) is 21.1 Å². The minimum atomic E-state index is -1.13. The van der Waals surface area contributed by atoms with Gasteiger partial charge in [0, 0.05) is 19.3 Å². The number of carbonyl (C=O) groups excluding carboxylic acids is 3. The maximum atomic E-state index is 12.8. The first-order valence-electron chi connectivity index (χ1n) is 24.1. The highest BCUT2D eigenvalue weighted by molar-refractivity contribution is 5.70. The van der Waals surface area contributed by atoms with E-state index in [0.29, 0.717) is 12.8 Å². The van der Waals surface area contributed by atoms with Gasteiger partial charge in [-0.15, -0.1) is 0 Å². The average Bonchev–Trinajstić information content (AvgIpc) is 3.22. The summed E-state index contributed by atoms with van der Waals surface area (Å²) in [5.74, 6) is -1.79. The summed E-state index contributed by atoms with van der Waals surface area (Å²) in [5.41, 5.74) is 0. The number of hydrogen-bond donors (Lipinski definition) is 0. The van der Waals surface area contributed by atoms with Crippen molar-refractivity contribution in [2.24, 2.45) is 0 Å². The molecule has 2 unspecified atom stereocenters. The number of allylic oxidation sites excluding steroid dienone is 14. The fourth-order valence-electron chi connectivity index (χ4n) is 6.61. The van der Waals surface area contributed by atoms with Crippen molar-refractivity contribution in [1.82, 2.24) is 0 Å². The van der Waals surface area contributed by atoms with Gasteiger partial charge in [-0.05, 0) is 83.5 Å². The second kappa shape index (κ2) is 43.2. The van der Waals surface area contributed by atoms with E-state index in [9.17, 15) is 19.5 Å². The normalized spacial score (nSPS) is 13.7. The van der Waals surface area contributed by atoms with Gasteiger partial charge >= 0.3 is 11.9 Å². The van der Waals surface area contributed by atoms with Crippen LogP contribution in [0, 0.1) is 0 Å². The summed E-state index contributed by atoms with van der Waals surface area (Å²) in [6.45, 7) is 4.40. The lowest BCUT2D eigenvalue weighted by molar-refractivity contribution is -0.889. The number of likely N-dealkylation sites (N-methyl/N-ethyl adjacent to an activating group) is 1. The number of hydrogen-bond acceptors (Lipinski definition) is 7. The third-order valence-electron chi connectivity index (χ3n) is 10.3. The van der Waals surface area contributed by atoms with Crippen LogP contribution in [-0.4, -0.2) is 75.5 Å². The number of unbranched alkanes of at least 4 members (excludes halogenated alkanes) is 14. The molecule has 2 atom stereocenters. The highest BCUT2D eigenvalue weighted by atomic mass is 16.6. The Kier molecular flexibility index (Phi) is 40.7. The number of carboxylic acids is 1. The zero-order valence-electron chi connectivity index (χ0n) is 39.5. The smallest absolute Gasteiger partial charge is 0.306 e. The highest BCUT2D eigenvalue weighted by Gasteiger charge is 2.25. The number of carboxylic acid groups (broad SMARTS) is 1. The van der Waals surface area contributed by atoms with E-state index >= 15 is 0 Å². The molecule has 0 aromatic carbocycles. The summed E-state index contributed by atoms with van der Waals surface area (Å²) in [5, 5.41) is 11.6. The summed E-state index contributed by atoms with van der Waals surface area (Å²) < 4.78 is 17.2. The van der Waals surface area contributed by atoms with Gasteiger partial charge in [0.25, 0.3) is 0 Å². The zero-order valence-corrected chi connectivity index (χ0v) is 39.5. The molecule has 0 aliphatic rings. The molecule has 0 fully saturated rings. The van der Waals surface area contributed by atoms with Gasteiger partial charge < -0.3 is 28.6 Å². The van der Waals surface area contributed by atoms with Gasteiger partial charge in [-0.2, -0.15) is 0 Å². The quantitative estimate of drug-likeness (QED) is 0.0261. The van der Waals surface area contributed by atoms with Gasteiger partial charge in [-0.1, -0.05) is 163 Å². The molecule has 0 aliphatic heterocycles. The van der Waals surface area contributed by atoms with E-state index in [1.165, 1.54) is 57.8 Å². The molecule has 0 N–H and O–H groups in total. The minimum absolute atomic E-state index is 0.0251. The maximum Gasteiger partial charge on any atom is 0.306 e. The van der Waals surface area contributed by atoms with Crippen molar-refractivity contribution < 1.29 is 38.2 Å². The monoisotopic (exact) mass is 852 g/mol. The topological polar surface area (TPSA) is 102 Å². The van der Waals surface area contributed by atoms with Crippen molar-refractivity contribution in [2.75, 3.05) is 41.0 Å². The summed E-state index contributed by atoms with van der Waals surface area (Å²) in [6.07, 6.45) is 56.1. The van der Waals surface area contributed by atoms with Crippen LogP contribution in [0.3, 0.4) is 0 Å². The molecule has 0 radical (unpaired) electrons. The standard InChI is InChI=1S/C53H89NO7/c1-6-8-10-12-14-16-18-20-22-24-25-26-27-28-30-32-34-36-38-40-42-44-52(56)61-49(47-59-46-45-50(53(57)58)54(3,4)5)48-60-51(55)43-41-39-37-35-33-31-29-23-21-19-17-15-13-11-9-7-2/h8-11,14-17,20-23,31,33,49-50H,6-7,12-13,18-19,24-30,32,34-48H2,1-5H3/b10-8+,11-9+,16-14+,17-15+,22-20+,23-21+,33-31+. The van der Waals surface area contributed by atoms with Crippen LogP contribution < -0.4 is 5.11 Å². The van der Waals surface area contributed by atoms with E-state index in [2.05, 4.69) is 98.9 Å². The van der Waals surface area contributed by atoms with Crippen LogP contribution in [0.2, 0.25) is 0 Å². The third kappa shape index (κ3) is 41.6. The van der Waals surface area contributed by atoms with Crippen LogP contribution in [0.15, 0.2) is 85.1 Å². The molecule has 61 heavy (non-hydrogen) atoms. The highest BCUT2D eigenvalue weighted by Crippen LogP contribution is 2.14. The van der Waals surface area contributed by atoms with Crippen molar-refractivity contribution in [2.45, 2.75) is 193 Å². The molecular formula is C53H89NO7. The molecule has 0 bridgehead atoms. The van der Waals surface area contributed by atoms with Crippen molar-refractivity contribution in [1.29, 1.82) is 0 Å². The molecule has 0 amide bonds. The largest absolute Gasteiger partial charge is 0.544 e. The van der Waals surface area contributed by atoms with Crippen molar-refractivity contribution in [3.05, 3.63) is 85.1 Å². The molecule has 8 nitrogen and oxygen atoms in total. The van der Waals surface area contributed by atoms with Crippen LogP contribution in [0.4, 0.5) is 0 Å². The molecule has 0 saturated carbocycles. The number of esters is 2. The fraction of sp³-hybridized carbons (Fsp3) is 0.679. The van der Waals surface area contributed by atoms with Gasteiger partial charge in [0.05, 0.1) is 40.3 Å². The summed E-state index contributed by atoms with van der Waals surface area (Å²) in [6, 6.07) is -0.735. The Morgan fingerprint density at radius 2 is 0.869 bits per heavy atom. The Morgan fingerprint density at radius 1 is 0.492 bits per heavy atom. The number of rotatable bonds is 42. The molecular weight excluding hydrogens is 763 g/mol. The van der Waals surface area contributed by atoms with Crippen LogP contribution in [0.1, 0.15) is 181 Å². The summed E-state index contributed by atoms with van der Waals surface area (Å²) >= 11 is 0. The molecule has 0 aromatic rings. The molecule has 348 valence electrons. The Morgan fingerprint density at radius 3 is 1.30 bits per heavy atom. The van der Waals surface area contributed by atoms with E-state index in [0.717, 1.165) is 89.9 Å². The van der Waals surface area contributed by atoms with Gasteiger partial charge in [-0.3, -0.25) is 9.59 Å². The molecule has 0 rings (SSSR count). The van der Waals surface area contributed by atoms with Crippen LogP contribution in [0.5, 0.6) is 0 Å². The molecule has 0 saturated heterocycles. The van der Waals surface area contributed by atoms with Gasteiger partial charge in [0.15, 0.2) is 6.10 Å². The Bertz CT molecular complexity index is 1270. The lowest BCUT2D eigenvalue weighted by atomic mass is 10.0. The van der Waals surface area contributed by atoms with Crippen LogP contribution in [0.25, 0.3) is 0 Å². The number of ether oxygens (including phenoxy) is 3. The predicted octanol–water partition coefficient (Wildman–Crippen LogP) is 12.4. The summed E-state index contributed by atoms with van der Waals surface area (Å²) in [4.78, 5) is 37.0. The van der Waals surface area contributed by atoms with Crippen molar-refractivity contribution >= 4 is 17.9 Å². The maximum absolute atomic E-state index is 12.8. The number of nitrogens with zero attached hydrogens (tertiary/aromatic N) is 1. The molecule has 8 heteroatoms. The van der Waals surface area contributed by atoms with Gasteiger partial charge in [0.1, 0.15) is 12.6 Å². The molecule has 0 aromatic heterocycles. The van der Waals surface area contributed by atoms with E-state index in [1.807, 2.05) is 0 Å². The predicted molar refractivity (Wildman–Crippen MR) is 254 cm³/mol. The first-order chi connectivity index (χ1) is 29.6. The molecule has 0 heterocycles. The number of aliphatic carboxylic acids is 1. The fourth-order valence-corrected chi connectivity index (χ4v) is 6.61. The van der Waals surface area contributed by atoms with E-state index in [4.69, 9.17) is 14.2 Å². The second-order valence-corrected chi connectivity index (χ2v) is 16.9. The zero-order chi connectivity index (χ0) is 44.9. The van der Waals surface area contributed by atoms with Gasteiger partial charge in [0.2, 0.25) is 0 Å². The number of quaternary nitrogens is 1. The molecule has 0 spiro atoms. The summed E-state index contributed by atoms with van der Waals surface area (Å²) in [7, 11) is 5.39. The second-order valence-electron chi connectivity index (χ2n) is 16.9. The Hall–Kier alpha value is -3.49. The minimum Gasteiger partial charge on any atom is -0.544 e. The third-order valence-corrected chi connectivity index (χ3v) is 10.3. The SMILES string of the molecule is CC/C=C/C/C=C/C/C=C/C/C=C/CCCCCC(=O)OCC(COCCC(C(=O)[O-])[N+](C)(C)C)OC(=O)CCCCCCCCCCCCC/C=C/C/C=C/C/C=C/CC. The average molecular weight is 852 g/mol. The van der Waals surface area contributed by atoms with E-state index in [-0.39, 0.29) is 42.7 Å².